The molecule has 2 aromatic carbocycles. The van der Waals surface area contributed by atoms with Crippen LogP contribution in [-0.2, 0) is 21.4 Å². The van der Waals surface area contributed by atoms with Gasteiger partial charge in [-0.05, 0) is 80.9 Å². The fourth-order valence-corrected chi connectivity index (χ4v) is 7.37. The van der Waals surface area contributed by atoms with E-state index >= 15 is 4.39 Å². The predicted octanol–water partition coefficient (Wildman–Crippen LogP) is 4.89. The molecule has 45 heavy (non-hydrogen) atoms. The van der Waals surface area contributed by atoms with Gasteiger partial charge in [0.1, 0.15) is 11.6 Å². The number of hydrogen-bond acceptors (Lipinski definition) is 5. The van der Waals surface area contributed by atoms with E-state index in [9.17, 15) is 17.6 Å². The number of nitrogens with zero attached hydrogens (tertiary/aromatic N) is 2. The molecule has 2 fully saturated rings. The Morgan fingerprint density at radius 2 is 1.91 bits per heavy atom. The average molecular weight is 642 g/mol. The number of nitrogens with one attached hydrogen (secondary N) is 2. The number of anilines is 1. The van der Waals surface area contributed by atoms with Crippen molar-refractivity contribution < 1.29 is 22.0 Å². The molecule has 1 heterocycles. The van der Waals surface area contributed by atoms with Crippen LogP contribution in [0.1, 0.15) is 50.2 Å². The van der Waals surface area contributed by atoms with Gasteiger partial charge in [-0.25, -0.2) is 8.78 Å². The molecule has 0 bridgehead atoms. The molecular formula is C34H45F2N5O3S. The molecule has 1 saturated heterocycles. The van der Waals surface area contributed by atoms with Gasteiger partial charge in [0.15, 0.2) is 0 Å². The number of carbonyl (C=O) groups is 1. The third-order valence-electron chi connectivity index (χ3n) is 8.45. The summed E-state index contributed by atoms with van der Waals surface area (Å²) >= 11 is 0. The minimum absolute atomic E-state index is 0.199. The number of piperazine rings is 1. The van der Waals surface area contributed by atoms with Gasteiger partial charge in [-0.3, -0.25) is 4.79 Å². The zero-order valence-corrected chi connectivity index (χ0v) is 27.1. The summed E-state index contributed by atoms with van der Waals surface area (Å²) in [6.45, 7) is 9.39. The van der Waals surface area contributed by atoms with Gasteiger partial charge in [-0.15, -0.1) is 0 Å². The molecule has 0 spiro atoms. The summed E-state index contributed by atoms with van der Waals surface area (Å²) in [6, 6.07) is 8.80. The maximum Gasteiger partial charge on any atom is 0.282 e. The van der Waals surface area contributed by atoms with Gasteiger partial charge in [-0.1, -0.05) is 48.6 Å². The van der Waals surface area contributed by atoms with E-state index in [4.69, 9.17) is 5.73 Å². The Kier molecular flexibility index (Phi) is 11.8. The second-order valence-electron chi connectivity index (χ2n) is 12.0. The topological polar surface area (TPSA) is 108 Å². The quantitative estimate of drug-likeness (QED) is 0.255. The minimum Gasteiger partial charge on any atom is -0.324 e. The van der Waals surface area contributed by atoms with Crippen molar-refractivity contribution >= 4 is 21.8 Å². The van der Waals surface area contributed by atoms with E-state index in [1.165, 1.54) is 32.9 Å². The first-order chi connectivity index (χ1) is 21.4. The van der Waals surface area contributed by atoms with Gasteiger partial charge in [0.05, 0.1) is 6.04 Å². The number of halogens is 2. The van der Waals surface area contributed by atoms with Crippen molar-refractivity contribution in [1.29, 1.82) is 0 Å². The summed E-state index contributed by atoms with van der Waals surface area (Å²) in [5, 5.41) is 6.09. The maximum atomic E-state index is 15.3. The van der Waals surface area contributed by atoms with Gasteiger partial charge in [0, 0.05) is 56.4 Å². The summed E-state index contributed by atoms with van der Waals surface area (Å²) in [7, 11) is -2.06. The highest BCUT2D eigenvalue weighted by Crippen LogP contribution is 2.32. The SMILES string of the molecule is C=C(C)/C=C\C(=C/C)C(c1ccc(F)cc1)[C@H](N)C(=O)Nc1cccc(F)c1CC[C@H]1CNCCN1S(=O)(=O)N(C)CC1CC1. The summed E-state index contributed by atoms with van der Waals surface area (Å²) in [6.07, 6.45) is 8.13. The van der Waals surface area contributed by atoms with Crippen LogP contribution >= 0.6 is 0 Å². The van der Waals surface area contributed by atoms with E-state index in [-0.39, 0.29) is 23.7 Å². The zero-order chi connectivity index (χ0) is 32.7. The van der Waals surface area contributed by atoms with Gasteiger partial charge >= 0.3 is 0 Å². The molecule has 1 unspecified atom stereocenters. The minimum atomic E-state index is -3.67. The van der Waals surface area contributed by atoms with E-state index in [0.717, 1.165) is 24.0 Å². The van der Waals surface area contributed by atoms with Gasteiger partial charge in [-0.2, -0.15) is 17.0 Å². The fraction of sp³-hybridized carbons (Fsp3) is 0.441. The lowest BCUT2D eigenvalue weighted by molar-refractivity contribution is -0.117. The number of carbonyl (C=O) groups excluding carboxylic acids is 1. The summed E-state index contributed by atoms with van der Waals surface area (Å²) in [4.78, 5) is 13.7. The van der Waals surface area contributed by atoms with Crippen molar-refractivity contribution in [2.24, 2.45) is 11.7 Å². The smallest absolute Gasteiger partial charge is 0.282 e. The lowest BCUT2D eigenvalue weighted by atomic mass is 9.84. The molecule has 1 amide bonds. The lowest BCUT2D eigenvalue weighted by Gasteiger charge is -2.37. The molecule has 0 radical (unpaired) electrons. The van der Waals surface area contributed by atoms with Crippen molar-refractivity contribution in [2.75, 3.05) is 38.5 Å². The van der Waals surface area contributed by atoms with Crippen LogP contribution in [-0.4, -0.2) is 68.2 Å². The molecule has 11 heteroatoms. The number of benzene rings is 2. The Balaban J connectivity index is 1.54. The summed E-state index contributed by atoms with van der Waals surface area (Å²) in [5.74, 6) is -1.66. The summed E-state index contributed by atoms with van der Waals surface area (Å²) < 4.78 is 58.9. The third kappa shape index (κ3) is 8.95. The largest absolute Gasteiger partial charge is 0.324 e. The molecule has 2 aromatic rings. The van der Waals surface area contributed by atoms with Crippen LogP contribution in [0.4, 0.5) is 14.5 Å². The third-order valence-corrected chi connectivity index (χ3v) is 10.5. The Bertz CT molecular complexity index is 1520. The van der Waals surface area contributed by atoms with Crippen LogP contribution in [0.25, 0.3) is 0 Å². The van der Waals surface area contributed by atoms with Gasteiger partial charge < -0.3 is 16.4 Å². The van der Waals surface area contributed by atoms with E-state index in [0.29, 0.717) is 44.1 Å². The molecule has 1 saturated carbocycles. The Morgan fingerprint density at radius 3 is 2.56 bits per heavy atom. The Labute approximate surface area is 266 Å². The van der Waals surface area contributed by atoms with Crippen molar-refractivity contribution in [3.05, 3.63) is 101 Å². The van der Waals surface area contributed by atoms with Crippen LogP contribution in [0.3, 0.4) is 0 Å². The standard InChI is InChI=1S/C34H45F2N5O3S/c1-5-25(12-9-23(2)3)32(26-13-15-27(35)16-14-26)33(37)34(42)39-31-8-6-7-30(36)29(31)18-17-28-21-38-19-20-41(28)45(43,44)40(4)22-24-10-11-24/h5-9,12-16,24,28,32-33,38H,2,10-11,17-22,37H2,1,3-4H3,(H,39,42)/b12-9-,25-5+/t28-,32?,33-/m0/s1. The van der Waals surface area contributed by atoms with Crippen LogP contribution in [0.15, 0.2) is 78.4 Å². The monoisotopic (exact) mass is 641 g/mol. The molecule has 244 valence electrons. The maximum absolute atomic E-state index is 15.3. The second kappa shape index (κ2) is 15.4. The highest BCUT2D eigenvalue weighted by Gasteiger charge is 2.37. The van der Waals surface area contributed by atoms with Crippen LogP contribution in [0, 0.1) is 17.6 Å². The second-order valence-corrected chi connectivity index (χ2v) is 14.0. The number of amides is 1. The molecular weight excluding hydrogens is 596 g/mol. The number of nitrogens with two attached hydrogens (primary N) is 1. The number of allylic oxidation sites excluding steroid dienone is 4. The zero-order valence-electron chi connectivity index (χ0n) is 26.3. The first kappa shape index (κ1) is 34.6. The highest BCUT2D eigenvalue weighted by molar-refractivity contribution is 7.86. The van der Waals surface area contributed by atoms with Crippen LogP contribution in [0.2, 0.25) is 0 Å². The van der Waals surface area contributed by atoms with E-state index in [1.54, 1.807) is 25.2 Å². The fourth-order valence-electron chi connectivity index (χ4n) is 5.73. The molecule has 4 N–H and O–H groups in total. The van der Waals surface area contributed by atoms with E-state index in [1.807, 2.05) is 32.1 Å². The van der Waals surface area contributed by atoms with Gasteiger partial charge in [0.25, 0.3) is 10.2 Å². The van der Waals surface area contributed by atoms with Crippen LogP contribution < -0.4 is 16.4 Å². The number of rotatable bonds is 14. The van der Waals surface area contributed by atoms with Gasteiger partial charge in [0.2, 0.25) is 5.91 Å². The van der Waals surface area contributed by atoms with Crippen molar-refractivity contribution in [1.82, 2.24) is 13.9 Å². The average Bonchev–Trinajstić information content (AvgIpc) is 3.83. The van der Waals surface area contributed by atoms with Crippen molar-refractivity contribution in [3.8, 4) is 0 Å². The molecule has 0 aromatic heterocycles. The molecule has 4 rings (SSSR count). The highest BCUT2D eigenvalue weighted by atomic mass is 32.2. The van der Waals surface area contributed by atoms with Crippen molar-refractivity contribution in [2.45, 2.75) is 57.5 Å². The molecule has 1 aliphatic carbocycles. The molecule has 3 atom stereocenters. The summed E-state index contributed by atoms with van der Waals surface area (Å²) in [5.41, 5.74) is 9.34. The normalized spacial score (nSPS) is 19.5. The van der Waals surface area contributed by atoms with E-state index < -0.39 is 39.7 Å². The van der Waals surface area contributed by atoms with Crippen LogP contribution in [0.5, 0.6) is 0 Å². The first-order valence-corrected chi connectivity index (χ1v) is 16.8. The predicted molar refractivity (Wildman–Crippen MR) is 176 cm³/mol. The molecule has 8 nitrogen and oxygen atoms in total. The lowest BCUT2D eigenvalue weighted by Crippen LogP contribution is -2.57. The number of hydrogen-bond donors (Lipinski definition) is 3. The Hall–Kier alpha value is -3.22. The van der Waals surface area contributed by atoms with Crippen molar-refractivity contribution in [3.63, 3.8) is 0 Å². The first-order valence-electron chi connectivity index (χ1n) is 15.4. The molecule has 1 aliphatic heterocycles. The molecule has 2 aliphatic rings. The van der Waals surface area contributed by atoms with E-state index in [2.05, 4.69) is 17.2 Å². The Morgan fingerprint density at radius 1 is 1.20 bits per heavy atom.